The van der Waals surface area contributed by atoms with Gasteiger partial charge in [0.1, 0.15) is 12.0 Å². The molecule has 1 aliphatic carbocycles. The molecular formula is C8H7N3O2. The third-order valence-corrected chi connectivity index (χ3v) is 2.03. The molecule has 1 aliphatic rings. The van der Waals surface area contributed by atoms with Gasteiger partial charge in [-0.1, -0.05) is 5.16 Å². The summed E-state index contributed by atoms with van der Waals surface area (Å²) < 4.78 is 9.89. The lowest BCUT2D eigenvalue weighted by molar-refractivity contribution is 0.380. The van der Waals surface area contributed by atoms with Gasteiger partial charge >= 0.3 is 0 Å². The minimum atomic E-state index is 0.480. The summed E-state index contributed by atoms with van der Waals surface area (Å²) in [7, 11) is 0. The van der Waals surface area contributed by atoms with Gasteiger partial charge in [-0.3, -0.25) is 0 Å². The normalized spacial score (nSPS) is 16.3. The van der Waals surface area contributed by atoms with E-state index in [2.05, 4.69) is 15.1 Å². The maximum absolute atomic E-state index is 5.07. The largest absolute Gasteiger partial charge is 0.451 e. The third-order valence-electron chi connectivity index (χ3n) is 2.03. The van der Waals surface area contributed by atoms with Crippen LogP contribution in [0.15, 0.2) is 21.6 Å². The van der Waals surface area contributed by atoms with E-state index < -0.39 is 0 Å². The third kappa shape index (κ3) is 1.12. The number of hydrogen-bond donors (Lipinski definition) is 0. The highest BCUT2D eigenvalue weighted by Crippen LogP contribution is 2.39. The van der Waals surface area contributed by atoms with Crippen LogP contribution in [0.1, 0.15) is 24.7 Å². The number of aromatic nitrogens is 3. The Morgan fingerprint density at radius 1 is 1.38 bits per heavy atom. The van der Waals surface area contributed by atoms with Gasteiger partial charge in [-0.15, -0.1) is 0 Å². The van der Waals surface area contributed by atoms with Crippen LogP contribution < -0.4 is 0 Å². The van der Waals surface area contributed by atoms with Crippen LogP contribution in [-0.4, -0.2) is 15.1 Å². The molecule has 0 amide bonds. The van der Waals surface area contributed by atoms with E-state index in [1.807, 2.05) is 0 Å². The smallest absolute Gasteiger partial charge is 0.230 e. The maximum Gasteiger partial charge on any atom is 0.230 e. The van der Waals surface area contributed by atoms with Crippen molar-refractivity contribution in [1.29, 1.82) is 0 Å². The summed E-state index contributed by atoms with van der Waals surface area (Å²) in [5.74, 6) is 1.71. The minimum Gasteiger partial charge on any atom is -0.451 e. The van der Waals surface area contributed by atoms with Crippen molar-refractivity contribution in [3.63, 3.8) is 0 Å². The van der Waals surface area contributed by atoms with E-state index in [0.717, 1.165) is 18.7 Å². The Hall–Kier alpha value is -1.65. The first-order valence-corrected chi connectivity index (χ1v) is 4.15. The van der Waals surface area contributed by atoms with Gasteiger partial charge in [-0.05, 0) is 12.8 Å². The summed E-state index contributed by atoms with van der Waals surface area (Å²) in [6.07, 6.45) is 5.16. The molecule has 0 spiro atoms. The first kappa shape index (κ1) is 6.82. The fraction of sp³-hybridized carbons (Fsp3) is 0.375. The van der Waals surface area contributed by atoms with Gasteiger partial charge in [-0.2, -0.15) is 4.98 Å². The Morgan fingerprint density at radius 3 is 3.00 bits per heavy atom. The fourth-order valence-electron chi connectivity index (χ4n) is 1.16. The van der Waals surface area contributed by atoms with E-state index in [0.29, 0.717) is 17.4 Å². The van der Waals surface area contributed by atoms with Crippen LogP contribution in [0, 0.1) is 0 Å². The quantitative estimate of drug-likeness (QED) is 0.697. The molecule has 0 bridgehead atoms. The van der Waals surface area contributed by atoms with Crippen LogP contribution in [0.25, 0.3) is 11.5 Å². The van der Waals surface area contributed by atoms with E-state index in [9.17, 15) is 0 Å². The van der Waals surface area contributed by atoms with Gasteiger partial charge in [0.25, 0.3) is 0 Å². The van der Waals surface area contributed by atoms with Gasteiger partial charge in [0, 0.05) is 5.92 Å². The van der Waals surface area contributed by atoms with Crippen LogP contribution in [0.5, 0.6) is 0 Å². The lowest BCUT2D eigenvalue weighted by Crippen LogP contribution is -1.80. The Bertz CT molecular complexity index is 403. The van der Waals surface area contributed by atoms with Gasteiger partial charge in [0.05, 0.1) is 0 Å². The molecular weight excluding hydrogens is 170 g/mol. The van der Waals surface area contributed by atoms with Crippen LogP contribution in [-0.2, 0) is 0 Å². The lowest BCUT2D eigenvalue weighted by atomic mass is 10.4. The molecule has 2 heterocycles. The van der Waals surface area contributed by atoms with Crippen LogP contribution >= 0.6 is 0 Å². The molecule has 0 aliphatic heterocycles. The molecule has 0 N–H and O–H groups in total. The molecule has 5 nitrogen and oxygen atoms in total. The van der Waals surface area contributed by atoms with Gasteiger partial charge in [0.15, 0.2) is 6.39 Å². The van der Waals surface area contributed by atoms with Crippen molar-refractivity contribution in [3.05, 3.63) is 18.5 Å². The summed E-state index contributed by atoms with van der Waals surface area (Å²) in [4.78, 5) is 8.14. The van der Waals surface area contributed by atoms with E-state index in [4.69, 9.17) is 8.94 Å². The number of oxazole rings is 1. The molecule has 0 unspecified atom stereocenters. The topological polar surface area (TPSA) is 65.0 Å². The van der Waals surface area contributed by atoms with Crippen LogP contribution in [0.2, 0.25) is 0 Å². The molecule has 0 atom stereocenters. The second-order valence-electron chi connectivity index (χ2n) is 3.10. The molecule has 1 fully saturated rings. The summed E-state index contributed by atoms with van der Waals surface area (Å²) >= 11 is 0. The first-order chi connectivity index (χ1) is 6.43. The van der Waals surface area contributed by atoms with Crippen molar-refractivity contribution in [1.82, 2.24) is 15.1 Å². The number of rotatable bonds is 2. The summed E-state index contributed by atoms with van der Waals surface area (Å²) in [6.45, 7) is 0. The summed E-state index contributed by atoms with van der Waals surface area (Å²) in [5.41, 5.74) is 0.621. The van der Waals surface area contributed by atoms with Crippen LogP contribution in [0.3, 0.4) is 0 Å². The second kappa shape index (κ2) is 2.42. The Morgan fingerprint density at radius 2 is 2.31 bits per heavy atom. The molecule has 66 valence electrons. The predicted octanol–water partition coefficient (Wildman–Crippen LogP) is 1.60. The molecule has 0 aromatic carbocycles. The van der Waals surface area contributed by atoms with Crippen molar-refractivity contribution >= 4 is 0 Å². The number of hydrogen-bond acceptors (Lipinski definition) is 5. The molecule has 2 aromatic heterocycles. The molecule has 3 rings (SSSR count). The van der Waals surface area contributed by atoms with Crippen molar-refractivity contribution in [2.45, 2.75) is 18.8 Å². The summed E-state index contributed by atoms with van der Waals surface area (Å²) in [5, 5.41) is 3.81. The zero-order valence-electron chi connectivity index (χ0n) is 6.80. The average Bonchev–Trinajstić information content (AvgIpc) is 2.72. The molecule has 2 aromatic rings. The Labute approximate surface area is 73.8 Å². The van der Waals surface area contributed by atoms with Gasteiger partial charge in [-0.25, -0.2) is 4.98 Å². The highest BCUT2D eigenvalue weighted by atomic mass is 16.5. The molecule has 13 heavy (non-hydrogen) atoms. The van der Waals surface area contributed by atoms with Gasteiger partial charge in [0.2, 0.25) is 11.7 Å². The molecule has 5 heteroatoms. The maximum atomic E-state index is 5.07. The monoisotopic (exact) mass is 177 g/mol. The predicted molar refractivity (Wildman–Crippen MR) is 41.8 cm³/mol. The average molecular weight is 177 g/mol. The SMILES string of the molecule is c1nc(-c2noc(C3CC3)n2)co1. The Kier molecular flexibility index (Phi) is 1.27. The highest BCUT2D eigenvalue weighted by Gasteiger charge is 2.29. The summed E-state index contributed by atoms with van der Waals surface area (Å²) in [6, 6.07) is 0. The van der Waals surface area contributed by atoms with E-state index >= 15 is 0 Å². The van der Waals surface area contributed by atoms with Crippen molar-refractivity contribution < 1.29 is 8.94 Å². The van der Waals surface area contributed by atoms with E-state index in [1.165, 1.54) is 12.7 Å². The van der Waals surface area contributed by atoms with E-state index in [-0.39, 0.29) is 0 Å². The molecule has 0 radical (unpaired) electrons. The van der Waals surface area contributed by atoms with Crippen molar-refractivity contribution in [2.24, 2.45) is 0 Å². The second-order valence-corrected chi connectivity index (χ2v) is 3.10. The first-order valence-electron chi connectivity index (χ1n) is 4.15. The van der Waals surface area contributed by atoms with E-state index in [1.54, 1.807) is 0 Å². The van der Waals surface area contributed by atoms with Crippen LogP contribution in [0.4, 0.5) is 0 Å². The zero-order valence-corrected chi connectivity index (χ0v) is 6.80. The standard InChI is InChI=1S/C8H7N3O2/c1-2-5(1)8-10-7(11-13-8)6-3-12-4-9-6/h3-5H,1-2H2. The fourth-order valence-corrected chi connectivity index (χ4v) is 1.16. The van der Waals surface area contributed by atoms with Crippen molar-refractivity contribution in [2.75, 3.05) is 0 Å². The highest BCUT2D eigenvalue weighted by molar-refractivity contribution is 5.45. The molecule has 0 saturated heterocycles. The van der Waals surface area contributed by atoms with Crippen molar-refractivity contribution in [3.8, 4) is 11.5 Å². The lowest BCUT2D eigenvalue weighted by Gasteiger charge is -1.80. The molecule has 1 saturated carbocycles. The Balaban J connectivity index is 1.97. The van der Waals surface area contributed by atoms with Gasteiger partial charge < -0.3 is 8.94 Å². The number of nitrogens with zero attached hydrogens (tertiary/aromatic N) is 3. The minimum absolute atomic E-state index is 0.480. The zero-order chi connectivity index (χ0) is 8.67.